The third kappa shape index (κ3) is 4.40. The molecule has 0 bridgehead atoms. The molecular weight excluding hydrogens is 368 g/mol. The summed E-state index contributed by atoms with van der Waals surface area (Å²) in [6.45, 7) is 11.0. The fraction of sp³-hybridized carbons (Fsp3) is 0.500. The first kappa shape index (κ1) is 19.4. The zero-order chi connectivity index (χ0) is 19.7. The van der Waals surface area contributed by atoms with Crippen molar-refractivity contribution in [2.24, 2.45) is 0 Å². The molecule has 5 nitrogen and oxygen atoms in total. The molecule has 2 unspecified atom stereocenters. The van der Waals surface area contributed by atoms with Crippen LogP contribution in [-0.2, 0) is 11.3 Å². The predicted octanol–water partition coefficient (Wildman–Crippen LogP) is 4.75. The summed E-state index contributed by atoms with van der Waals surface area (Å²) in [4.78, 5) is 16.3. The number of hydrogen-bond donors (Lipinski definition) is 0. The number of fused-ring (bicyclic) bond motifs is 1. The van der Waals surface area contributed by atoms with E-state index in [-0.39, 0.29) is 12.1 Å². The molecule has 0 amide bonds. The molecule has 1 aliphatic heterocycles. The Balaban J connectivity index is 1.40. The summed E-state index contributed by atoms with van der Waals surface area (Å²) < 4.78 is 7.43. The van der Waals surface area contributed by atoms with E-state index in [4.69, 9.17) is 9.72 Å². The van der Waals surface area contributed by atoms with Gasteiger partial charge in [0.1, 0.15) is 0 Å². The van der Waals surface area contributed by atoms with Crippen LogP contribution < -0.4 is 0 Å². The number of piperidine rings is 1. The minimum absolute atomic E-state index is 0.259. The molecule has 6 heteroatoms. The Morgan fingerprint density at radius 2 is 1.93 bits per heavy atom. The highest BCUT2D eigenvalue weighted by atomic mass is 32.1. The van der Waals surface area contributed by atoms with Gasteiger partial charge in [-0.1, -0.05) is 0 Å². The molecule has 3 aromatic heterocycles. The van der Waals surface area contributed by atoms with Gasteiger partial charge in [-0.15, -0.1) is 11.3 Å². The van der Waals surface area contributed by atoms with Crippen LogP contribution >= 0.6 is 11.3 Å². The molecule has 1 saturated heterocycles. The van der Waals surface area contributed by atoms with Crippen molar-refractivity contribution in [3.8, 4) is 0 Å². The molecule has 28 heavy (non-hydrogen) atoms. The van der Waals surface area contributed by atoms with Crippen molar-refractivity contribution in [2.45, 2.75) is 59.3 Å². The molecule has 1 fully saturated rings. The highest BCUT2D eigenvalue weighted by molar-refractivity contribution is 7.18. The predicted molar refractivity (Wildman–Crippen MR) is 114 cm³/mol. The topological polar surface area (TPSA) is 51.1 Å². The molecule has 4 heterocycles. The highest BCUT2D eigenvalue weighted by Gasteiger charge is 2.26. The van der Waals surface area contributed by atoms with Gasteiger partial charge in [0.05, 0.1) is 28.1 Å². The standard InChI is InChI=1S/C22H28N4OS/c1-14-10-18(11-15(2)23-14)13-27-19-6-5-9-26(12-19)16(3)20-7-8-21-22(25-20)24-17(4)28-21/h7-8,10-11,16,19H,5-6,9,12-13H2,1-4H3. The Morgan fingerprint density at radius 3 is 2.71 bits per heavy atom. The molecule has 4 rings (SSSR count). The van der Waals surface area contributed by atoms with Crippen molar-refractivity contribution < 1.29 is 4.74 Å². The van der Waals surface area contributed by atoms with E-state index in [1.54, 1.807) is 11.3 Å². The van der Waals surface area contributed by atoms with Gasteiger partial charge in [0.15, 0.2) is 5.65 Å². The van der Waals surface area contributed by atoms with E-state index in [2.05, 4.69) is 46.1 Å². The van der Waals surface area contributed by atoms with Gasteiger partial charge < -0.3 is 4.74 Å². The Morgan fingerprint density at radius 1 is 1.14 bits per heavy atom. The average Bonchev–Trinajstić information content (AvgIpc) is 3.04. The second-order valence-corrected chi connectivity index (χ2v) is 9.03. The number of thiazole rings is 1. The highest BCUT2D eigenvalue weighted by Crippen LogP contribution is 2.27. The van der Waals surface area contributed by atoms with E-state index in [1.165, 1.54) is 5.56 Å². The van der Waals surface area contributed by atoms with Gasteiger partial charge in [-0.3, -0.25) is 9.88 Å². The Hall–Kier alpha value is -1.89. The van der Waals surface area contributed by atoms with Crippen LogP contribution in [0.15, 0.2) is 24.3 Å². The van der Waals surface area contributed by atoms with Gasteiger partial charge in [-0.25, -0.2) is 9.97 Å². The fourth-order valence-corrected chi connectivity index (χ4v) is 4.80. The summed E-state index contributed by atoms with van der Waals surface area (Å²) in [5.74, 6) is 0. The molecule has 0 radical (unpaired) electrons. The summed E-state index contributed by atoms with van der Waals surface area (Å²) in [6, 6.07) is 8.81. The molecule has 148 valence electrons. The minimum atomic E-state index is 0.259. The first-order valence-corrected chi connectivity index (χ1v) is 10.8. The van der Waals surface area contributed by atoms with Crippen molar-refractivity contribution in [1.82, 2.24) is 19.9 Å². The van der Waals surface area contributed by atoms with Gasteiger partial charge in [-0.2, -0.15) is 0 Å². The monoisotopic (exact) mass is 396 g/mol. The summed E-state index contributed by atoms with van der Waals surface area (Å²) in [6.07, 6.45) is 2.53. The van der Waals surface area contributed by atoms with E-state index in [9.17, 15) is 0 Å². The second kappa shape index (κ2) is 8.23. The molecule has 1 aliphatic rings. The van der Waals surface area contributed by atoms with E-state index in [1.807, 2.05) is 20.8 Å². The van der Waals surface area contributed by atoms with Crippen LogP contribution in [0, 0.1) is 20.8 Å². The van der Waals surface area contributed by atoms with Gasteiger partial charge in [0.25, 0.3) is 0 Å². The summed E-state index contributed by atoms with van der Waals surface area (Å²) in [5, 5.41) is 1.07. The quantitative estimate of drug-likeness (QED) is 0.623. The van der Waals surface area contributed by atoms with Crippen LogP contribution in [0.4, 0.5) is 0 Å². The SMILES string of the molecule is Cc1cc(COC2CCCN(C(C)c3ccc4sc(C)nc4n3)C2)cc(C)n1. The first-order chi connectivity index (χ1) is 13.5. The number of likely N-dealkylation sites (tertiary alicyclic amines) is 1. The molecule has 0 aliphatic carbocycles. The largest absolute Gasteiger partial charge is 0.372 e. The van der Waals surface area contributed by atoms with E-state index in [0.29, 0.717) is 6.61 Å². The summed E-state index contributed by atoms with van der Waals surface area (Å²) in [5.41, 5.74) is 5.28. The zero-order valence-corrected chi connectivity index (χ0v) is 17.9. The third-order valence-electron chi connectivity index (χ3n) is 5.39. The number of nitrogens with zero attached hydrogens (tertiary/aromatic N) is 4. The normalized spacial score (nSPS) is 19.2. The van der Waals surface area contributed by atoms with Crippen molar-refractivity contribution in [3.05, 3.63) is 51.9 Å². The van der Waals surface area contributed by atoms with Gasteiger partial charge >= 0.3 is 0 Å². The van der Waals surface area contributed by atoms with Crippen molar-refractivity contribution >= 4 is 21.7 Å². The van der Waals surface area contributed by atoms with Gasteiger partial charge in [0.2, 0.25) is 0 Å². The molecule has 0 aromatic carbocycles. The Kier molecular flexibility index (Phi) is 5.71. The van der Waals surface area contributed by atoms with E-state index < -0.39 is 0 Å². The first-order valence-electron chi connectivity index (χ1n) is 10.0. The van der Waals surface area contributed by atoms with Crippen LogP contribution in [0.25, 0.3) is 10.3 Å². The molecule has 2 atom stereocenters. The number of rotatable bonds is 5. The van der Waals surface area contributed by atoms with Crippen LogP contribution in [0.3, 0.4) is 0 Å². The summed E-state index contributed by atoms with van der Waals surface area (Å²) >= 11 is 1.70. The smallest absolute Gasteiger partial charge is 0.170 e. The molecular formula is C22H28N4OS. The second-order valence-electron chi connectivity index (χ2n) is 7.80. The fourth-order valence-electron chi connectivity index (χ4n) is 4.03. The maximum atomic E-state index is 6.27. The van der Waals surface area contributed by atoms with Gasteiger partial charge in [-0.05, 0) is 76.9 Å². The van der Waals surface area contributed by atoms with Crippen LogP contribution in [0.5, 0.6) is 0 Å². The van der Waals surface area contributed by atoms with Crippen LogP contribution in [0.1, 0.15) is 53.5 Å². The summed E-state index contributed by atoms with van der Waals surface area (Å²) in [7, 11) is 0. The lowest BCUT2D eigenvalue weighted by Crippen LogP contribution is -2.41. The number of aryl methyl sites for hydroxylation is 3. The van der Waals surface area contributed by atoms with Crippen LogP contribution in [0.2, 0.25) is 0 Å². The molecule has 0 N–H and O–H groups in total. The number of ether oxygens (including phenoxy) is 1. The van der Waals surface area contributed by atoms with Crippen molar-refractivity contribution in [3.63, 3.8) is 0 Å². The lowest BCUT2D eigenvalue weighted by Gasteiger charge is -2.36. The van der Waals surface area contributed by atoms with Crippen molar-refractivity contribution in [1.29, 1.82) is 0 Å². The molecule has 0 spiro atoms. The maximum Gasteiger partial charge on any atom is 0.170 e. The average molecular weight is 397 g/mol. The molecule has 0 saturated carbocycles. The minimum Gasteiger partial charge on any atom is -0.372 e. The van der Waals surface area contributed by atoms with Crippen molar-refractivity contribution in [2.75, 3.05) is 13.1 Å². The molecule has 3 aromatic rings. The maximum absolute atomic E-state index is 6.27. The Labute approximate surface area is 170 Å². The Bertz CT molecular complexity index is 950. The van der Waals surface area contributed by atoms with E-state index >= 15 is 0 Å². The lowest BCUT2D eigenvalue weighted by atomic mass is 10.0. The lowest BCUT2D eigenvalue weighted by molar-refractivity contribution is -0.0202. The number of hydrogen-bond acceptors (Lipinski definition) is 6. The van der Waals surface area contributed by atoms with Gasteiger partial charge in [0, 0.05) is 24.0 Å². The van der Waals surface area contributed by atoms with Crippen LogP contribution in [-0.4, -0.2) is 39.0 Å². The number of pyridine rings is 2. The third-order valence-corrected chi connectivity index (χ3v) is 6.32. The zero-order valence-electron chi connectivity index (χ0n) is 17.1. The number of aromatic nitrogens is 3. The van der Waals surface area contributed by atoms with E-state index in [0.717, 1.165) is 58.4 Å².